The van der Waals surface area contributed by atoms with Crippen LogP contribution in [0.15, 0.2) is 36.8 Å². The van der Waals surface area contributed by atoms with Crippen molar-refractivity contribution in [3.8, 4) is 0 Å². The summed E-state index contributed by atoms with van der Waals surface area (Å²) in [5, 5.41) is 0.245. The molecule has 0 bridgehead atoms. The molecule has 0 radical (unpaired) electrons. The number of anilines is 3. The van der Waals surface area contributed by atoms with E-state index in [1.807, 2.05) is 16.7 Å². The Morgan fingerprint density at radius 1 is 0.930 bits per heavy atom. The van der Waals surface area contributed by atoms with Crippen LogP contribution < -0.4 is 14.7 Å². The number of hydrogen-bond acceptors (Lipinski definition) is 8. The third kappa shape index (κ3) is 7.18. The van der Waals surface area contributed by atoms with Crippen LogP contribution in [0.3, 0.4) is 0 Å². The molecule has 5 rings (SSSR count). The van der Waals surface area contributed by atoms with Crippen LogP contribution >= 0.6 is 23.2 Å². The van der Waals surface area contributed by atoms with E-state index in [1.54, 1.807) is 17.3 Å². The summed E-state index contributed by atoms with van der Waals surface area (Å²) in [5.74, 6) is 0.550. The molecule has 0 saturated carbocycles. The SMILES string of the molecule is CC[C@@H]1C[C@H](N(Cc2cc(C(F)(F)F)cc(C(F)(F)F)c2)c2ncc(N3CCOCC3)cn2)CN1c1nc(Cl)ncc1Cl. The molecule has 232 valence electrons. The van der Waals surface area contributed by atoms with E-state index in [2.05, 4.69) is 19.9 Å². The lowest BCUT2D eigenvalue weighted by Gasteiger charge is -2.31. The molecular weight excluding hydrogens is 623 g/mol. The second kappa shape index (κ2) is 12.5. The van der Waals surface area contributed by atoms with Crippen molar-refractivity contribution >= 4 is 40.7 Å². The van der Waals surface area contributed by atoms with Crippen molar-refractivity contribution in [1.29, 1.82) is 0 Å². The van der Waals surface area contributed by atoms with Gasteiger partial charge in [0.2, 0.25) is 11.2 Å². The van der Waals surface area contributed by atoms with Crippen LogP contribution in [0.4, 0.5) is 43.8 Å². The van der Waals surface area contributed by atoms with Gasteiger partial charge >= 0.3 is 12.4 Å². The van der Waals surface area contributed by atoms with E-state index in [4.69, 9.17) is 27.9 Å². The molecule has 0 spiro atoms. The van der Waals surface area contributed by atoms with E-state index in [0.717, 1.165) is 17.8 Å². The molecule has 2 atom stereocenters. The predicted molar refractivity (Wildman–Crippen MR) is 150 cm³/mol. The normalized spacial score (nSPS) is 19.7. The zero-order chi connectivity index (χ0) is 30.9. The summed E-state index contributed by atoms with van der Waals surface area (Å²) >= 11 is 12.4. The molecule has 2 fully saturated rings. The lowest BCUT2D eigenvalue weighted by atomic mass is 10.0. The first-order valence-corrected chi connectivity index (χ1v) is 14.2. The maximum atomic E-state index is 13.7. The molecule has 0 N–H and O–H groups in total. The first-order chi connectivity index (χ1) is 20.3. The smallest absolute Gasteiger partial charge is 0.378 e. The Labute approximate surface area is 253 Å². The molecule has 0 aliphatic carbocycles. The van der Waals surface area contributed by atoms with E-state index < -0.39 is 29.5 Å². The topological polar surface area (TPSA) is 70.5 Å². The Hall–Kier alpha value is -3.10. The van der Waals surface area contributed by atoms with Crippen molar-refractivity contribution in [3.05, 3.63) is 63.8 Å². The molecule has 43 heavy (non-hydrogen) atoms. The molecule has 2 aromatic heterocycles. The number of nitrogens with zero attached hydrogens (tertiary/aromatic N) is 7. The van der Waals surface area contributed by atoms with Crippen LogP contribution in [0, 0.1) is 0 Å². The molecule has 3 aromatic rings. The molecule has 8 nitrogen and oxygen atoms in total. The minimum atomic E-state index is -4.97. The average molecular weight is 650 g/mol. The van der Waals surface area contributed by atoms with Crippen LogP contribution in [0.25, 0.3) is 0 Å². The van der Waals surface area contributed by atoms with Crippen molar-refractivity contribution in [3.63, 3.8) is 0 Å². The largest absolute Gasteiger partial charge is 0.416 e. The van der Waals surface area contributed by atoms with Crippen LogP contribution in [0.5, 0.6) is 0 Å². The van der Waals surface area contributed by atoms with Gasteiger partial charge in [0, 0.05) is 32.2 Å². The molecule has 2 aliphatic heterocycles. The number of rotatable bonds is 7. The zero-order valence-corrected chi connectivity index (χ0v) is 24.3. The Balaban J connectivity index is 1.53. The van der Waals surface area contributed by atoms with Crippen LogP contribution in [0.2, 0.25) is 10.3 Å². The van der Waals surface area contributed by atoms with E-state index >= 15 is 0 Å². The summed E-state index contributed by atoms with van der Waals surface area (Å²) < 4.78 is 87.4. The minimum Gasteiger partial charge on any atom is -0.378 e. The number of ether oxygens (including phenoxy) is 1. The van der Waals surface area contributed by atoms with Gasteiger partial charge in [0.25, 0.3) is 0 Å². The van der Waals surface area contributed by atoms with Gasteiger partial charge in [-0.2, -0.15) is 31.3 Å². The summed E-state index contributed by atoms with van der Waals surface area (Å²) in [7, 11) is 0. The van der Waals surface area contributed by atoms with Gasteiger partial charge < -0.3 is 19.4 Å². The summed E-state index contributed by atoms with van der Waals surface area (Å²) in [6.45, 7) is 4.27. The highest BCUT2D eigenvalue weighted by Gasteiger charge is 2.40. The highest BCUT2D eigenvalue weighted by molar-refractivity contribution is 6.33. The number of morpholine rings is 1. The number of benzene rings is 1. The van der Waals surface area contributed by atoms with E-state index in [9.17, 15) is 26.3 Å². The molecule has 0 amide bonds. The van der Waals surface area contributed by atoms with Gasteiger partial charge in [0.1, 0.15) is 5.02 Å². The number of halogens is 8. The summed E-state index contributed by atoms with van der Waals surface area (Å²) in [5.41, 5.74) is -2.23. The fraction of sp³-hybridized carbons (Fsp3) is 0.481. The van der Waals surface area contributed by atoms with Crippen molar-refractivity contribution in [2.24, 2.45) is 0 Å². The third-order valence-corrected chi connectivity index (χ3v) is 7.98. The first-order valence-electron chi connectivity index (χ1n) is 13.5. The number of hydrogen-bond donors (Lipinski definition) is 0. The van der Waals surface area contributed by atoms with Crippen LogP contribution in [-0.4, -0.2) is 64.9 Å². The summed E-state index contributed by atoms with van der Waals surface area (Å²) in [6.07, 6.45) is -4.25. The minimum absolute atomic E-state index is 0.0137. The van der Waals surface area contributed by atoms with Gasteiger partial charge in [0.05, 0.1) is 54.7 Å². The van der Waals surface area contributed by atoms with Gasteiger partial charge in [0.15, 0.2) is 5.82 Å². The van der Waals surface area contributed by atoms with Gasteiger partial charge in [-0.1, -0.05) is 18.5 Å². The fourth-order valence-electron chi connectivity index (χ4n) is 5.42. The fourth-order valence-corrected chi connectivity index (χ4v) is 5.75. The first kappa shape index (κ1) is 31.3. The second-order valence-corrected chi connectivity index (χ2v) is 11.0. The lowest BCUT2D eigenvalue weighted by Crippen LogP contribution is -2.39. The van der Waals surface area contributed by atoms with Crippen molar-refractivity contribution < 1.29 is 31.1 Å². The van der Waals surface area contributed by atoms with E-state index in [0.29, 0.717) is 45.0 Å². The molecular formula is C27H27Cl2F6N7O. The Bertz CT molecular complexity index is 1390. The highest BCUT2D eigenvalue weighted by Crippen LogP contribution is 2.38. The van der Waals surface area contributed by atoms with Crippen LogP contribution in [-0.2, 0) is 23.6 Å². The van der Waals surface area contributed by atoms with Crippen LogP contribution in [0.1, 0.15) is 36.5 Å². The lowest BCUT2D eigenvalue weighted by molar-refractivity contribution is -0.143. The predicted octanol–water partition coefficient (Wildman–Crippen LogP) is 6.51. The van der Waals surface area contributed by atoms with E-state index in [-0.39, 0.29) is 47.0 Å². The average Bonchev–Trinajstić information content (AvgIpc) is 3.41. The van der Waals surface area contributed by atoms with Gasteiger partial charge in [-0.05, 0) is 48.2 Å². The monoisotopic (exact) mass is 649 g/mol. The quantitative estimate of drug-likeness (QED) is 0.212. The molecule has 16 heteroatoms. The maximum absolute atomic E-state index is 13.7. The molecule has 4 heterocycles. The van der Waals surface area contributed by atoms with Crippen molar-refractivity contribution in [2.75, 3.05) is 47.5 Å². The molecule has 2 aliphatic rings. The molecule has 1 aromatic carbocycles. The molecule has 0 unspecified atom stereocenters. The summed E-state index contributed by atoms with van der Waals surface area (Å²) in [6, 6.07) is 1.04. The van der Waals surface area contributed by atoms with E-state index in [1.165, 1.54) is 6.20 Å². The van der Waals surface area contributed by atoms with Gasteiger partial charge in [-0.15, -0.1) is 0 Å². The third-order valence-electron chi connectivity index (χ3n) is 7.53. The van der Waals surface area contributed by atoms with Crippen molar-refractivity contribution in [2.45, 2.75) is 50.7 Å². The Morgan fingerprint density at radius 2 is 1.56 bits per heavy atom. The standard InChI is InChI=1S/C27H27Cl2F6N7O/c1-2-19-10-20(15-41(19)23-22(28)13-36-24(29)39-23)42(25-37-11-21(12-38-25)40-3-5-43-6-4-40)14-16-7-17(26(30,31)32)9-18(8-16)27(33,34)35/h7-9,11-13,19-20H,2-6,10,14-15H2,1H3/t19-,20+/m1/s1. The van der Waals surface area contributed by atoms with Gasteiger partial charge in [-0.25, -0.2) is 15.0 Å². The van der Waals surface area contributed by atoms with Crippen molar-refractivity contribution in [1.82, 2.24) is 19.9 Å². The Kier molecular flexibility index (Phi) is 9.10. The number of aromatic nitrogens is 4. The second-order valence-electron chi connectivity index (χ2n) is 10.3. The zero-order valence-electron chi connectivity index (χ0n) is 22.8. The maximum Gasteiger partial charge on any atom is 0.416 e. The Morgan fingerprint density at radius 3 is 2.14 bits per heavy atom. The summed E-state index contributed by atoms with van der Waals surface area (Å²) in [4.78, 5) is 22.8. The molecule has 2 saturated heterocycles. The van der Waals surface area contributed by atoms with Gasteiger partial charge in [-0.3, -0.25) is 0 Å². The number of alkyl halides is 6. The highest BCUT2D eigenvalue weighted by atomic mass is 35.5.